The molecule has 1 heterocycles. The first kappa shape index (κ1) is 14.0. The van der Waals surface area contributed by atoms with E-state index in [2.05, 4.69) is 31.3 Å². The molecule has 2 aromatic rings. The van der Waals surface area contributed by atoms with Gasteiger partial charge >= 0.3 is 0 Å². The van der Waals surface area contributed by atoms with Crippen molar-refractivity contribution in [2.45, 2.75) is 13.0 Å². The van der Waals surface area contributed by atoms with Gasteiger partial charge in [0, 0.05) is 4.47 Å². The molecule has 0 spiro atoms. The number of aromatic nitrogens is 3. The molecule has 5 nitrogen and oxygen atoms in total. The van der Waals surface area contributed by atoms with E-state index in [1.165, 1.54) is 23.4 Å². The summed E-state index contributed by atoms with van der Waals surface area (Å²) in [4.78, 5) is 15.8. The summed E-state index contributed by atoms with van der Waals surface area (Å²) in [5, 5.41) is 6.62. The van der Waals surface area contributed by atoms with Crippen molar-refractivity contribution < 1.29 is 9.18 Å². The maximum atomic E-state index is 13.1. The monoisotopic (exact) mass is 346 g/mol. The number of rotatable bonds is 3. The van der Waals surface area contributed by atoms with Gasteiger partial charge in [-0.05, 0) is 35.0 Å². The highest BCUT2D eigenvalue weighted by Crippen LogP contribution is 2.32. The van der Waals surface area contributed by atoms with Crippen molar-refractivity contribution in [1.29, 1.82) is 0 Å². The van der Waals surface area contributed by atoms with Crippen molar-refractivity contribution in [3.05, 3.63) is 40.1 Å². The number of anilines is 1. The Morgan fingerprint density at radius 2 is 2.32 bits per heavy atom. The van der Waals surface area contributed by atoms with Crippen molar-refractivity contribution in [2.75, 3.05) is 5.32 Å². The Hall–Kier alpha value is -1.47. The first-order valence-corrected chi connectivity index (χ1v) is 6.45. The maximum Gasteiger partial charge on any atom is 0.249 e. The van der Waals surface area contributed by atoms with Gasteiger partial charge in [0.15, 0.2) is 0 Å². The van der Waals surface area contributed by atoms with E-state index in [9.17, 15) is 9.18 Å². The molecule has 0 bridgehead atoms. The second kappa shape index (κ2) is 5.66. The van der Waals surface area contributed by atoms with Crippen LogP contribution in [0.1, 0.15) is 13.0 Å². The van der Waals surface area contributed by atoms with Crippen LogP contribution in [0.15, 0.2) is 29.3 Å². The molecule has 0 radical (unpaired) electrons. The minimum absolute atomic E-state index is 0.117. The van der Waals surface area contributed by atoms with Crippen LogP contribution in [0.3, 0.4) is 0 Å². The predicted molar refractivity (Wildman–Crippen MR) is 72.5 cm³/mol. The summed E-state index contributed by atoms with van der Waals surface area (Å²) in [7, 11) is 0. The summed E-state index contributed by atoms with van der Waals surface area (Å²) >= 11 is 9.04. The summed E-state index contributed by atoms with van der Waals surface area (Å²) < 4.78 is 14.9. The van der Waals surface area contributed by atoms with E-state index in [0.29, 0.717) is 10.2 Å². The average molecular weight is 348 g/mol. The lowest BCUT2D eigenvalue weighted by molar-refractivity contribution is -0.119. The van der Waals surface area contributed by atoms with Crippen LogP contribution in [-0.4, -0.2) is 20.7 Å². The number of benzene rings is 1. The van der Waals surface area contributed by atoms with Crippen LogP contribution in [0, 0.1) is 5.82 Å². The normalized spacial score (nSPS) is 12.2. The summed E-state index contributed by atoms with van der Waals surface area (Å²) in [6, 6.07) is 1.79. The van der Waals surface area contributed by atoms with Gasteiger partial charge in [-0.1, -0.05) is 11.6 Å². The first-order valence-electron chi connectivity index (χ1n) is 5.28. The van der Waals surface area contributed by atoms with Gasteiger partial charge in [0.2, 0.25) is 5.91 Å². The second-order valence-corrected chi connectivity index (χ2v) is 5.05. The molecule has 0 aliphatic rings. The van der Waals surface area contributed by atoms with Crippen LogP contribution >= 0.6 is 27.5 Å². The van der Waals surface area contributed by atoms with Crippen molar-refractivity contribution in [1.82, 2.24) is 14.8 Å². The van der Waals surface area contributed by atoms with Gasteiger partial charge in [-0.25, -0.2) is 14.1 Å². The number of hydrogen-bond acceptors (Lipinski definition) is 3. The summed E-state index contributed by atoms with van der Waals surface area (Å²) in [5.41, 5.74) is 0.319. The van der Waals surface area contributed by atoms with Gasteiger partial charge in [0.05, 0.1) is 10.7 Å². The van der Waals surface area contributed by atoms with Gasteiger partial charge in [-0.2, -0.15) is 5.10 Å². The molecular formula is C11H9BrClFN4O. The molecule has 100 valence electrons. The lowest BCUT2D eigenvalue weighted by atomic mass is 10.2. The maximum absolute atomic E-state index is 13.1. The molecular weight excluding hydrogens is 339 g/mol. The zero-order valence-electron chi connectivity index (χ0n) is 9.77. The van der Waals surface area contributed by atoms with Gasteiger partial charge in [0.25, 0.3) is 0 Å². The third-order valence-electron chi connectivity index (χ3n) is 2.47. The molecule has 0 saturated heterocycles. The van der Waals surface area contributed by atoms with E-state index in [1.807, 2.05) is 0 Å². The topological polar surface area (TPSA) is 59.8 Å². The fourth-order valence-corrected chi connectivity index (χ4v) is 2.33. The average Bonchev–Trinajstić information content (AvgIpc) is 2.86. The third kappa shape index (κ3) is 3.10. The van der Waals surface area contributed by atoms with E-state index in [-0.39, 0.29) is 10.9 Å². The molecule has 1 amide bonds. The van der Waals surface area contributed by atoms with Gasteiger partial charge in [0.1, 0.15) is 24.5 Å². The molecule has 0 aliphatic heterocycles. The van der Waals surface area contributed by atoms with Gasteiger partial charge in [-0.15, -0.1) is 0 Å². The van der Waals surface area contributed by atoms with Crippen LogP contribution in [0.2, 0.25) is 5.02 Å². The highest BCUT2D eigenvalue weighted by molar-refractivity contribution is 9.10. The van der Waals surface area contributed by atoms with Crippen LogP contribution in [0.5, 0.6) is 0 Å². The molecule has 19 heavy (non-hydrogen) atoms. The Morgan fingerprint density at radius 1 is 1.58 bits per heavy atom. The number of nitrogens with one attached hydrogen (secondary N) is 1. The predicted octanol–water partition coefficient (Wildman–Crippen LogP) is 3.03. The van der Waals surface area contributed by atoms with Crippen molar-refractivity contribution >= 4 is 39.1 Å². The van der Waals surface area contributed by atoms with E-state index in [4.69, 9.17) is 11.6 Å². The van der Waals surface area contributed by atoms with Crippen LogP contribution in [-0.2, 0) is 4.79 Å². The molecule has 0 unspecified atom stereocenters. The number of halogens is 3. The number of amides is 1. The Labute approximate surface area is 121 Å². The second-order valence-electron chi connectivity index (χ2n) is 3.79. The molecule has 1 aromatic carbocycles. The zero-order valence-corrected chi connectivity index (χ0v) is 12.1. The molecule has 1 atom stereocenters. The standard InChI is InChI=1S/C11H9BrClFN4O/c1-6(18-5-15-4-16-18)11(19)17-10-8(12)2-7(14)3-9(10)13/h2-6H,1H3,(H,17,19)/t6-/m1/s1. The molecule has 0 saturated carbocycles. The highest BCUT2D eigenvalue weighted by atomic mass is 79.9. The Morgan fingerprint density at radius 3 is 2.89 bits per heavy atom. The lowest BCUT2D eigenvalue weighted by Gasteiger charge is -2.14. The fourth-order valence-electron chi connectivity index (χ4n) is 1.43. The van der Waals surface area contributed by atoms with Crippen molar-refractivity contribution in [2.24, 2.45) is 0 Å². The number of hydrogen-bond donors (Lipinski definition) is 1. The van der Waals surface area contributed by atoms with Gasteiger partial charge < -0.3 is 5.32 Å². The minimum Gasteiger partial charge on any atom is -0.322 e. The quantitative estimate of drug-likeness (QED) is 0.928. The van der Waals surface area contributed by atoms with Crippen LogP contribution in [0.4, 0.5) is 10.1 Å². The zero-order chi connectivity index (χ0) is 14.0. The molecule has 8 heteroatoms. The first-order chi connectivity index (χ1) is 8.99. The molecule has 0 fully saturated rings. The highest BCUT2D eigenvalue weighted by Gasteiger charge is 2.18. The van der Waals surface area contributed by atoms with E-state index >= 15 is 0 Å². The number of nitrogens with zero attached hydrogens (tertiary/aromatic N) is 3. The SMILES string of the molecule is C[C@H](C(=O)Nc1c(Cl)cc(F)cc1Br)n1cncn1. The van der Waals surface area contributed by atoms with E-state index < -0.39 is 11.9 Å². The lowest BCUT2D eigenvalue weighted by Crippen LogP contribution is -2.24. The summed E-state index contributed by atoms with van der Waals surface area (Å²) in [6.07, 6.45) is 2.77. The molecule has 1 N–H and O–H groups in total. The van der Waals surface area contributed by atoms with Crippen molar-refractivity contribution in [3.63, 3.8) is 0 Å². The smallest absolute Gasteiger partial charge is 0.249 e. The number of carbonyl (C=O) groups excluding carboxylic acids is 1. The van der Waals surface area contributed by atoms with Gasteiger partial charge in [-0.3, -0.25) is 4.79 Å². The minimum atomic E-state index is -0.560. The van der Waals surface area contributed by atoms with Crippen molar-refractivity contribution in [3.8, 4) is 0 Å². The summed E-state index contributed by atoms with van der Waals surface area (Å²) in [5.74, 6) is -0.820. The molecule has 1 aromatic heterocycles. The van der Waals surface area contributed by atoms with E-state index in [0.717, 1.165) is 6.07 Å². The Balaban J connectivity index is 2.20. The molecule has 2 rings (SSSR count). The number of carbonyl (C=O) groups is 1. The largest absolute Gasteiger partial charge is 0.322 e. The van der Waals surface area contributed by atoms with Crippen LogP contribution < -0.4 is 5.32 Å². The third-order valence-corrected chi connectivity index (χ3v) is 3.39. The fraction of sp³-hybridized carbons (Fsp3) is 0.182. The van der Waals surface area contributed by atoms with E-state index in [1.54, 1.807) is 6.92 Å². The Bertz CT molecular complexity index is 582. The Kier molecular flexibility index (Phi) is 4.16. The molecule has 0 aliphatic carbocycles. The van der Waals surface area contributed by atoms with Crippen LogP contribution in [0.25, 0.3) is 0 Å². The summed E-state index contributed by atoms with van der Waals surface area (Å²) in [6.45, 7) is 1.66.